The highest BCUT2D eigenvalue weighted by Crippen LogP contribution is 2.54. The number of benzene rings is 1. The van der Waals surface area contributed by atoms with Crippen molar-refractivity contribution in [2.75, 3.05) is 37.4 Å². The van der Waals surface area contributed by atoms with Crippen molar-refractivity contribution in [3.63, 3.8) is 0 Å². The Morgan fingerprint density at radius 2 is 2.00 bits per heavy atom. The largest absolute Gasteiger partial charge is 0.473 e. The molecule has 0 radical (unpaired) electrons. The van der Waals surface area contributed by atoms with E-state index in [1.165, 1.54) is 0 Å². The summed E-state index contributed by atoms with van der Waals surface area (Å²) in [7, 11) is 2.14. The first-order valence-corrected chi connectivity index (χ1v) is 18.0. The van der Waals surface area contributed by atoms with Gasteiger partial charge in [-0.15, -0.1) is 0 Å². The van der Waals surface area contributed by atoms with Crippen molar-refractivity contribution in [3.8, 4) is 23.5 Å². The van der Waals surface area contributed by atoms with Gasteiger partial charge in [-0.3, -0.25) is 9.69 Å². The summed E-state index contributed by atoms with van der Waals surface area (Å²) < 4.78 is 20.3. The minimum atomic E-state index is -0.464. The number of hydrogen-bond acceptors (Lipinski definition) is 11. The SMILES string of the molecule is CC(Oc1cc(N2Cc3ccn(C4CCOC4)c(=O)c3C2)nc(-c2noc3c2CCCC32CCc3ccc(N)c(C#N)c32)n1)C1CCCN1C. The van der Waals surface area contributed by atoms with Crippen LogP contribution in [0.1, 0.15) is 90.6 Å². The molecule has 1 aromatic carbocycles. The molecule has 50 heavy (non-hydrogen) atoms. The molecule has 2 N–H and O–H groups in total. The highest BCUT2D eigenvalue weighted by Gasteiger charge is 2.49. The normalized spacial score (nSPS) is 24.7. The molecule has 2 saturated heterocycles. The smallest absolute Gasteiger partial charge is 0.256 e. The van der Waals surface area contributed by atoms with E-state index in [0.717, 1.165) is 91.5 Å². The topological polar surface area (TPSA) is 149 Å². The van der Waals surface area contributed by atoms with Crippen molar-refractivity contribution in [2.45, 2.75) is 95.0 Å². The Bertz CT molecular complexity index is 2100. The molecule has 0 amide bonds. The van der Waals surface area contributed by atoms with Gasteiger partial charge in [-0.05, 0) is 101 Å². The number of likely N-dealkylation sites (tertiary alicyclic amines) is 1. The van der Waals surface area contributed by atoms with Crippen LogP contribution in [0.15, 0.2) is 39.8 Å². The summed E-state index contributed by atoms with van der Waals surface area (Å²) >= 11 is 0. The maximum Gasteiger partial charge on any atom is 0.256 e. The number of anilines is 2. The zero-order valence-electron chi connectivity index (χ0n) is 28.7. The van der Waals surface area contributed by atoms with Gasteiger partial charge >= 0.3 is 0 Å². The molecule has 4 aromatic rings. The van der Waals surface area contributed by atoms with Crippen LogP contribution >= 0.6 is 0 Å². The average Bonchev–Trinajstić information content (AvgIpc) is 3.96. The van der Waals surface area contributed by atoms with Crippen LogP contribution in [0.4, 0.5) is 11.5 Å². The number of rotatable bonds is 6. The number of nitrogen functional groups attached to an aromatic ring is 1. The molecule has 6 heterocycles. The van der Waals surface area contributed by atoms with E-state index in [9.17, 15) is 10.1 Å². The molecule has 9 rings (SSSR count). The number of pyridine rings is 1. The molecule has 258 valence electrons. The van der Waals surface area contributed by atoms with Crippen LogP contribution in [-0.4, -0.2) is 63.5 Å². The molecule has 3 aliphatic heterocycles. The Balaban J connectivity index is 1.11. The van der Waals surface area contributed by atoms with Crippen LogP contribution in [0.2, 0.25) is 0 Å². The lowest BCUT2D eigenvalue weighted by Gasteiger charge is -2.33. The molecular formula is C38H42N8O4. The molecule has 5 aliphatic rings. The van der Waals surface area contributed by atoms with Gasteiger partial charge in [-0.2, -0.15) is 10.2 Å². The van der Waals surface area contributed by atoms with Crippen molar-refractivity contribution in [1.29, 1.82) is 5.26 Å². The van der Waals surface area contributed by atoms with Gasteiger partial charge in [0.15, 0.2) is 17.3 Å². The predicted molar refractivity (Wildman–Crippen MR) is 186 cm³/mol. The lowest BCUT2D eigenvalue weighted by Crippen LogP contribution is -2.38. The molecule has 1 spiro atoms. The zero-order valence-corrected chi connectivity index (χ0v) is 28.7. The van der Waals surface area contributed by atoms with Gasteiger partial charge in [0.05, 0.1) is 30.2 Å². The minimum absolute atomic E-state index is 0.0363. The van der Waals surface area contributed by atoms with Crippen molar-refractivity contribution in [2.24, 2.45) is 0 Å². The number of fused-ring (bicyclic) bond motifs is 5. The third-order valence-electron chi connectivity index (χ3n) is 12.0. The van der Waals surface area contributed by atoms with Crippen LogP contribution in [0.5, 0.6) is 5.88 Å². The second kappa shape index (κ2) is 12.0. The fourth-order valence-corrected chi connectivity index (χ4v) is 9.39. The molecule has 12 heteroatoms. The van der Waals surface area contributed by atoms with Crippen molar-refractivity contribution in [1.82, 2.24) is 24.6 Å². The Kier molecular flexibility index (Phi) is 7.47. The number of nitrogens with zero attached hydrogens (tertiary/aromatic N) is 7. The molecule has 4 unspecified atom stereocenters. The zero-order chi connectivity index (χ0) is 34.1. The van der Waals surface area contributed by atoms with E-state index < -0.39 is 5.41 Å². The number of aryl methyl sites for hydroxylation is 1. The van der Waals surface area contributed by atoms with Gasteiger partial charge in [-0.1, -0.05) is 11.2 Å². The van der Waals surface area contributed by atoms with Crippen molar-refractivity contribution >= 4 is 11.5 Å². The second-order valence-electron chi connectivity index (χ2n) is 14.8. The van der Waals surface area contributed by atoms with E-state index in [1.54, 1.807) is 0 Å². The van der Waals surface area contributed by atoms with E-state index in [1.807, 2.05) is 22.9 Å². The minimum Gasteiger partial charge on any atom is -0.473 e. The van der Waals surface area contributed by atoms with E-state index in [4.69, 9.17) is 29.7 Å². The van der Waals surface area contributed by atoms with Crippen LogP contribution < -0.4 is 20.9 Å². The maximum atomic E-state index is 13.7. The standard InChI is InChI=1S/C38H42N8O4/c1-22(30-6-4-14-44(30)2)49-32-17-31(45-19-24-10-15-46(25-11-16-48-21-25)37(47)28(24)20-45)41-36(42-32)34-26-5-3-12-38(35(26)50-43-34)13-9-23-7-8-29(40)27(18-39)33(23)38/h7-8,10,15,17,22,25,30H,3-6,9,11-14,16,19-21,40H2,1-2H3. The Hall–Kier alpha value is -4.73. The van der Waals surface area contributed by atoms with Gasteiger partial charge in [0.2, 0.25) is 5.88 Å². The highest BCUT2D eigenvalue weighted by molar-refractivity contribution is 5.68. The predicted octanol–water partition coefficient (Wildman–Crippen LogP) is 4.66. The number of hydrogen-bond donors (Lipinski definition) is 1. The van der Waals surface area contributed by atoms with E-state index in [2.05, 4.69) is 47.1 Å². The van der Waals surface area contributed by atoms with E-state index in [-0.39, 0.29) is 23.7 Å². The number of aromatic nitrogens is 4. The van der Waals surface area contributed by atoms with E-state index in [0.29, 0.717) is 60.8 Å². The maximum absolute atomic E-state index is 13.7. The van der Waals surface area contributed by atoms with Gasteiger partial charge in [-0.25, -0.2) is 4.98 Å². The monoisotopic (exact) mass is 674 g/mol. The van der Waals surface area contributed by atoms with E-state index >= 15 is 0 Å². The summed E-state index contributed by atoms with van der Waals surface area (Å²) in [6.45, 7) is 5.38. The first kappa shape index (κ1) is 31.3. The molecule has 4 atom stereocenters. The molecular weight excluding hydrogens is 632 g/mol. The van der Waals surface area contributed by atoms with Gasteiger partial charge in [0.1, 0.15) is 18.0 Å². The Labute approximate surface area is 290 Å². The fraction of sp³-hybridized carbons (Fsp3) is 0.500. The molecule has 0 bridgehead atoms. The summed E-state index contributed by atoms with van der Waals surface area (Å²) in [5, 5.41) is 14.8. The molecule has 3 aromatic heterocycles. The van der Waals surface area contributed by atoms with Crippen LogP contribution in [0.3, 0.4) is 0 Å². The van der Waals surface area contributed by atoms with Crippen LogP contribution in [0, 0.1) is 11.3 Å². The van der Waals surface area contributed by atoms with Crippen molar-refractivity contribution in [3.05, 3.63) is 80.0 Å². The molecule has 2 aliphatic carbocycles. The number of ether oxygens (including phenoxy) is 2. The summed E-state index contributed by atoms with van der Waals surface area (Å²) in [6.07, 6.45) is 9.09. The summed E-state index contributed by atoms with van der Waals surface area (Å²) in [5.41, 5.74) is 12.5. The molecule has 2 fully saturated rings. The second-order valence-corrected chi connectivity index (χ2v) is 14.8. The third-order valence-corrected chi connectivity index (χ3v) is 12.0. The fourth-order valence-electron chi connectivity index (χ4n) is 9.39. The summed E-state index contributed by atoms with van der Waals surface area (Å²) in [4.78, 5) is 28.2. The van der Waals surface area contributed by atoms with Crippen molar-refractivity contribution < 1.29 is 14.0 Å². The lowest BCUT2D eigenvalue weighted by atomic mass is 9.68. The average molecular weight is 675 g/mol. The number of likely N-dealkylation sites (N-methyl/N-ethyl adjacent to an activating group) is 1. The molecule has 0 saturated carbocycles. The quantitative estimate of drug-likeness (QED) is 0.285. The molecule has 12 nitrogen and oxygen atoms in total. The van der Waals surface area contributed by atoms with Crippen LogP contribution in [0.25, 0.3) is 11.5 Å². The number of nitriles is 1. The number of nitrogens with two attached hydrogens (primary N) is 1. The van der Waals surface area contributed by atoms with Gasteiger partial charge < -0.3 is 29.2 Å². The first-order chi connectivity index (χ1) is 24.3. The highest BCUT2D eigenvalue weighted by atomic mass is 16.5. The summed E-state index contributed by atoms with van der Waals surface area (Å²) in [5.74, 6) is 2.38. The first-order valence-electron chi connectivity index (χ1n) is 18.0. The lowest BCUT2D eigenvalue weighted by molar-refractivity contribution is 0.117. The Morgan fingerprint density at radius 3 is 2.80 bits per heavy atom. The van der Waals surface area contributed by atoms with Gasteiger partial charge in [0.25, 0.3) is 5.56 Å². The van der Waals surface area contributed by atoms with Crippen LogP contribution in [-0.2, 0) is 36.1 Å². The third kappa shape index (κ3) is 4.85. The summed E-state index contributed by atoms with van der Waals surface area (Å²) in [6, 6.07) is 10.6. The van der Waals surface area contributed by atoms with Gasteiger partial charge in [0, 0.05) is 48.3 Å². The Morgan fingerprint density at radius 1 is 1.10 bits per heavy atom.